The van der Waals surface area contributed by atoms with Gasteiger partial charge >= 0.3 is 0 Å². The zero-order valence-corrected chi connectivity index (χ0v) is 16.6. The molecule has 27 heavy (non-hydrogen) atoms. The number of anilines is 1. The highest BCUT2D eigenvalue weighted by molar-refractivity contribution is 5.74. The van der Waals surface area contributed by atoms with Crippen LogP contribution in [0.5, 0.6) is 0 Å². The van der Waals surface area contributed by atoms with E-state index in [1.807, 2.05) is 0 Å². The van der Waals surface area contributed by atoms with Crippen LogP contribution in [0.15, 0.2) is 35.3 Å². The van der Waals surface area contributed by atoms with Crippen molar-refractivity contribution in [3.8, 4) is 0 Å². The highest BCUT2D eigenvalue weighted by Gasteiger charge is 2.32. The normalized spacial score (nSPS) is 19.1. The van der Waals surface area contributed by atoms with Crippen molar-refractivity contribution in [3.63, 3.8) is 0 Å². The Balaban J connectivity index is 1.75. The number of fused-ring (bicyclic) bond motifs is 2. The molecule has 2 heterocycles. The lowest BCUT2D eigenvalue weighted by molar-refractivity contribution is 0.366. The van der Waals surface area contributed by atoms with Crippen LogP contribution in [-0.4, -0.2) is 19.7 Å². The number of hydrogen-bond acceptors (Lipinski definition) is 4. The lowest BCUT2D eigenvalue weighted by Gasteiger charge is -2.37. The number of benzene rings is 1. The molecule has 1 aromatic carbocycles. The maximum Gasteiger partial charge on any atom is 0.263 e. The summed E-state index contributed by atoms with van der Waals surface area (Å²) in [6.07, 6.45) is 3.66. The molecule has 1 aliphatic rings. The minimum absolute atomic E-state index is 0.126. The van der Waals surface area contributed by atoms with Gasteiger partial charge in [0.2, 0.25) is 5.95 Å². The molecule has 0 amide bonds. The van der Waals surface area contributed by atoms with Crippen molar-refractivity contribution in [1.29, 1.82) is 0 Å². The molecule has 6 nitrogen and oxygen atoms in total. The Labute approximate surface area is 159 Å². The van der Waals surface area contributed by atoms with Gasteiger partial charge in [-0.15, -0.1) is 0 Å². The summed E-state index contributed by atoms with van der Waals surface area (Å²) in [7, 11) is 0. The minimum Gasteiger partial charge on any atom is -0.349 e. The van der Waals surface area contributed by atoms with E-state index in [0.29, 0.717) is 17.0 Å². The van der Waals surface area contributed by atoms with Gasteiger partial charge in [0.15, 0.2) is 5.65 Å². The van der Waals surface area contributed by atoms with E-state index in [1.54, 1.807) is 10.9 Å². The van der Waals surface area contributed by atoms with Crippen molar-refractivity contribution in [1.82, 2.24) is 19.7 Å². The molecule has 2 aromatic heterocycles. The molecule has 6 heteroatoms. The molecule has 1 atom stereocenters. The van der Waals surface area contributed by atoms with Crippen molar-refractivity contribution in [2.75, 3.05) is 5.32 Å². The van der Waals surface area contributed by atoms with Crippen LogP contribution in [-0.2, 0) is 11.0 Å². The Bertz CT molecular complexity index is 1050. The van der Waals surface area contributed by atoms with Gasteiger partial charge < -0.3 is 5.32 Å². The standard InChI is InChI=1S/C21H27N5O/c1-20(2,3)26-17-14(12-22-26)18(27)25-19(24-17)23-16-10-11-21(4,5)15-9-7-6-8-13(15)16/h6-9,12,16H,10-11H2,1-5H3,(H2,23,24,25,27). The van der Waals surface area contributed by atoms with Crippen LogP contribution in [0.2, 0.25) is 0 Å². The molecular formula is C21H27N5O. The third kappa shape index (κ3) is 3.03. The highest BCUT2D eigenvalue weighted by atomic mass is 16.1. The maximum absolute atomic E-state index is 12.5. The van der Waals surface area contributed by atoms with Gasteiger partial charge in [-0.2, -0.15) is 10.1 Å². The summed E-state index contributed by atoms with van der Waals surface area (Å²) in [5.41, 5.74) is 2.99. The second kappa shape index (κ2) is 5.94. The first-order valence-corrected chi connectivity index (χ1v) is 9.51. The number of nitrogens with zero attached hydrogens (tertiary/aromatic N) is 3. The molecule has 0 spiro atoms. The zero-order chi connectivity index (χ0) is 19.4. The molecular weight excluding hydrogens is 338 g/mol. The van der Waals surface area contributed by atoms with Crippen LogP contribution >= 0.6 is 0 Å². The molecule has 0 radical (unpaired) electrons. The third-order valence-corrected chi connectivity index (χ3v) is 5.51. The quantitative estimate of drug-likeness (QED) is 0.717. The minimum atomic E-state index is -0.249. The summed E-state index contributed by atoms with van der Waals surface area (Å²) in [6.45, 7) is 10.7. The van der Waals surface area contributed by atoms with Gasteiger partial charge in [0.1, 0.15) is 5.39 Å². The molecule has 4 rings (SSSR count). The predicted octanol–water partition coefficient (Wildman–Crippen LogP) is 4.10. The van der Waals surface area contributed by atoms with Gasteiger partial charge in [-0.1, -0.05) is 38.1 Å². The molecule has 0 fully saturated rings. The summed E-state index contributed by atoms with van der Waals surface area (Å²) in [6, 6.07) is 8.67. The average Bonchev–Trinajstić information content (AvgIpc) is 3.03. The Morgan fingerprint density at radius 1 is 1.26 bits per heavy atom. The smallest absolute Gasteiger partial charge is 0.263 e. The summed E-state index contributed by atoms with van der Waals surface area (Å²) >= 11 is 0. The van der Waals surface area contributed by atoms with E-state index in [1.165, 1.54) is 11.1 Å². The van der Waals surface area contributed by atoms with Crippen LogP contribution in [0.3, 0.4) is 0 Å². The fourth-order valence-corrected chi connectivity index (χ4v) is 4.01. The van der Waals surface area contributed by atoms with Crippen molar-refractivity contribution in [2.24, 2.45) is 0 Å². The molecule has 1 aliphatic carbocycles. The van der Waals surface area contributed by atoms with Crippen LogP contribution in [0.25, 0.3) is 11.0 Å². The van der Waals surface area contributed by atoms with E-state index in [9.17, 15) is 4.79 Å². The Hall–Kier alpha value is -2.63. The molecule has 0 aliphatic heterocycles. The molecule has 2 N–H and O–H groups in total. The van der Waals surface area contributed by atoms with Crippen LogP contribution in [0, 0.1) is 0 Å². The van der Waals surface area contributed by atoms with Crippen LogP contribution < -0.4 is 10.9 Å². The number of rotatable bonds is 2. The van der Waals surface area contributed by atoms with Gasteiger partial charge in [-0.25, -0.2) is 4.68 Å². The van der Waals surface area contributed by atoms with Crippen LogP contribution in [0.1, 0.15) is 64.6 Å². The molecule has 0 saturated heterocycles. The molecule has 142 valence electrons. The lowest BCUT2D eigenvalue weighted by Crippen LogP contribution is -2.30. The Morgan fingerprint density at radius 3 is 2.74 bits per heavy atom. The monoisotopic (exact) mass is 365 g/mol. The van der Waals surface area contributed by atoms with E-state index in [4.69, 9.17) is 4.98 Å². The largest absolute Gasteiger partial charge is 0.349 e. The van der Waals surface area contributed by atoms with Gasteiger partial charge in [0.05, 0.1) is 17.8 Å². The van der Waals surface area contributed by atoms with Gasteiger partial charge in [-0.05, 0) is 50.2 Å². The maximum atomic E-state index is 12.5. The number of nitrogens with one attached hydrogen (secondary N) is 2. The average molecular weight is 365 g/mol. The fraction of sp³-hybridized carbons (Fsp3) is 0.476. The van der Waals surface area contributed by atoms with Gasteiger partial charge in [0.25, 0.3) is 5.56 Å². The Morgan fingerprint density at radius 2 is 2.00 bits per heavy atom. The zero-order valence-electron chi connectivity index (χ0n) is 16.6. The van der Waals surface area contributed by atoms with Crippen LogP contribution in [0.4, 0.5) is 5.95 Å². The summed E-state index contributed by atoms with van der Waals surface area (Å²) in [5, 5.41) is 8.36. The number of hydrogen-bond donors (Lipinski definition) is 2. The summed E-state index contributed by atoms with van der Waals surface area (Å²) in [5.74, 6) is 0.498. The number of aromatic nitrogens is 4. The number of H-pyrrole nitrogens is 1. The van der Waals surface area contributed by atoms with E-state index in [-0.39, 0.29) is 22.6 Å². The summed E-state index contributed by atoms with van der Waals surface area (Å²) in [4.78, 5) is 20.1. The first kappa shape index (κ1) is 17.8. The van der Waals surface area contributed by atoms with Crippen molar-refractivity contribution >= 4 is 17.0 Å². The predicted molar refractivity (Wildman–Crippen MR) is 108 cm³/mol. The third-order valence-electron chi connectivity index (χ3n) is 5.51. The SMILES string of the molecule is CC1(C)CCC(Nc2nc3c(cnn3C(C)(C)C)c(=O)[nH]2)c2ccccc21. The highest BCUT2D eigenvalue weighted by Crippen LogP contribution is 2.42. The van der Waals surface area contributed by atoms with E-state index < -0.39 is 0 Å². The first-order valence-electron chi connectivity index (χ1n) is 9.51. The first-order chi connectivity index (χ1) is 12.7. The second-order valence-electron chi connectivity index (χ2n) is 9.09. The van der Waals surface area contributed by atoms with E-state index in [2.05, 4.69) is 74.3 Å². The van der Waals surface area contributed by atoms with Gasteiger partial charge in [-0.3, -0.25) is 9.78 Å². The second-order valence-corrected chi connectivity index (χ2v) is 9.09. The summed E-state index contributed by atoms with van der Waals surface area (Å²) < 4.78 is 1.81. The van der Waals surface area contributed by atoms with Crippen molar-refractivity contribution in [3.05, 3.63) is 51.9 Å². The van der Waals surface area contributed by atoms with Crippen molar-refractivity contribution < 1.29 is 0 Å². The number of aromatic amines is 1. The molecule has 3 aromatic rings. The molecule has 0 bridgehead atoms. The Kier molecular flexibility index (Phi) is 3.91. The molecule has 0 saturated carbocycles. The van der Waals surface area contributed by atoms with Gasteiger partial charge in [0, 0.05) is 0 Å². The van der Waals surface area contributed by atoms with E-state index in [0.717, 1.165) is 12.8 Å². The molecule has 1 unspecified atom stereocenters. The lowest BCUT2D eigenvalue weighted by atomic mass is 9.71. The fourth-order valence-electron chi connectivity index (χ4n) is 4.01. The van der Waals surface area contributed by atoms with Crippen molar-refractivity contribution in [2.45, 2.75) is 64.5 Å². The topological polar surface area (TPSA) is 75.6 Å². The van der Waals surface area contributed by atoms with E-state index >= 15 is 0 Å².